The Kier molecular flexibility index (Phi) is 4.47. The number of rotatable bonds is 5. The van der Waals surface area contributed by atoms with Gasteiger partial charge in [0.15, 0.2) is 0 Å². The third-order valence-corrected chi connectivity index (χ3v) is 1.99. The average Bonchev–Trinajstić information content (AvgIpc) is 2.26. The molecule has 1 heterocycles. The van der Waals surface area contributed by atoms with E-state index >= 15 is 0 Å². The average molecular weight is 223 g/mol. The zero-order valence-corrected chi connectivity index (χ0v) is 8.92. The van der Waals surface area contributed by atoms with Crippen LogP contribution in [0.4, 0.5) is 0 Å². The lowest BCUT2D eigenvalue weighted by molar-refractivity contribution is -0.131. The Balaban J connectivity index is 2.95. The Hall–Kier alpha value is -1.88. The minimum atomic E-state index is -1.08. The number of hydrogen-bond donors (Lipinski definition) is 1. The number of methoxy groups -OCH3 is 1. The molecule has 0 unspecified atom stereocenters. The molecule has 0 aromatic carbocycles. The molecule has 16 heavy (non-hydrogen) atoms. The molecule has 5 nitrogen and oxygen atoms in total. The molecule has 86 valence electrons. The van der Waals surface area contributed by atoms with Gasteiger partial charge in [-0.15, -0.1) is 0 Å². The lowest BCUT2D eigenvalue weighted by Gasteiger charge is -2.04. The summed E-state index contributed by atoms with van der Waals surface area (Å²) in [5.41, 5.74) is 0.123. The summed E-state index contributed by atoms with van der Waals surface area (Å²) < 4.78 is 6.34. The van der Waals surface area contributed by atoms with Crippen molar-refractivity contribution in [2.45, 2.75) is 6.54 Å². The van der Waals surface area contributed by atoms with Crippen molar-refractivity contribution in [3.05, 3.63) is 40.3 Å². The zero-order valence-electron chi connectivity index (χ0n) is 8.92. The normalized spacial score (nSPS) is 10.8. The van der Waals surface area contributed by atoms with Crippen LogP contribution in [0.2, 0.25) is 0 Å². The summed E-state index contributed by atoms with van der Waals surface area (Å²) >= 11 is 0. The number of carboxylic acids is 1. The van der Waals surface area contributed by atoms with E-state index in [1.807, 2.05) is 0 Å². The number of aliphatic carboxylic acids is 1. The second-order valence-electron chi connectivity index (χ2n) is 3.13. The Morgan fingerprint density at radius 2 is 2.38 bits per heavy atom. The predicted octanol–water partition coefficient (Wildman–Crippen LogP) is 0.593. The molecule has 0 radical (unpaired) electrons. The van der Waals surface area contributed by atoms with Gasteiger partial charge in [0, 0.05) is 31.5 Å². The highest BCUT2D eigenvalue weighted by molar-refractivity contribution is 5.85. The summed E-state index contributed by atoms with van der Waals surface area (Å²) in [5, 5.41) is 8.46. The smallest absolute Gasteiger partial charge is 0.328 e. The first-order valence-corrected chi connectivity index (χ1v) is 4.74. The Bertz CT molecular complexity index is 448. The number of aromatic nitrogens is 1. The van der Waals surface area contributed by atoms with Gasteiger partial charge in [0.2, 0.25) is 0 Å². The molecule has 1 rings (SSSR count). The Morgan fingerprint density at radius 3 is 3.00 bits per heavy atom. The van der Waals surface area contributed by atoms with Gasteiger partial charge in [-0.1, -0.05) is 0 Å². The first-order valence-electron chi connectivity index (χ1n) is 4.74. The number of carbonyl (C=O) groups is 1. The van der Waals surface area contributed by atoms with Crippen molar-refractivity contribution in [3.8, 4) is 0 Å². The van der Waals surface area contributed by atoms with Crippen LogP contribution in [-0.2, 0) is 16.1 Å². The lowest BCUT2D eigenvalue weighted by Crippen LogP contribution is -2.23. The molecular formula is C11H13NO4. The highest BCUT2D eigenvalue weighted by atomic mass is 16.5. The Morgan fingerprint density at radius 1 is 1.62 bits per heavy atom. The molecule has 0 saturated heterocycles. The van der Waals surface area contributed by atoms with Gasteiger partial charge in [0.05, 0.1) is 6.61 Å². The second kappa shape index (κ2) is 5.87. The standard InChI is InChI=1S/C11H13NO4/c1-16-8-7-12-6-2-3-9(11(12)15)4-5-10(13)14/h2-6H,7-8H2,1H3,(H,13,14)/b5-4+. The van der Waals surface area contributed by atoms with E-state index in [0.717, 1.165) is 6.08 Å². The van der Waals surface area contributed by atoms with Gasteiger partial charge < -0.3 is 14.4 Å². The molecule has 0 saturated carbocycles. The van der Waals surface area contributed by atoms with E-state index < -0.39 is 5.97 Å². The van der Waals surface area contributed by atoms with Crippen LogP contribution in [0.15, 0.2) is 29.2 Å². The van der Waals surface area contributed by atoms with Gasteiger partial charge in [0.25, 0.3) is 5.56 Å². The molecule has 1 aromatic rings. The number of ether oxygens (including phenoxy) is 1. The number of nitrogens with zero attached hydrogens (tertiary/aromatic N) is 1. The van der Waals surface area contributed by atoms with Crippen molar-refractivity contribution in [2.24, 2.45) is 0 Å². The van der Waals surface area contributed by atoms with E-state index in [2.05, 4.69) is 0 Å². The van der Waals surface area contributed by atoms with Gasteiger partial charge in [-0.2, -0.15) is 0 Å². The summed E-state index contributed by atoms with van der Waals surface area (Å²) in [7, 11) is 1.55. The van der Waals surface area contributed by atoms with E-state index in [4.69, 9.17) is 9.84 Å². The fourth-order valence-corrected chi connectivity index (χ4v) is 1.21. The van der Waals surface area contributed by atoms with Crippen LogP contribution in [0.25, 0.3) is 6.08 Å². The molecule has 1 aromatic heterocycles. The van der Waals surface area contributed by atoms with Crippen molar-refractivity contribution in [2.75, 3.05) is 13.7 Å². The molecule has 1 N–H and O–H groups in total. The van der Waals surface area contributed by atoms with E-state index in [1.165, 1.54) is 10.6 Å². The molecule has 0 atom stereocenters. The quantitative estimate of drug-likeness (QED) is 0.742. The number of hydrogen-bond acceptors (Lipinski definition) is 3. The van der Waals surface area contributed by atoms with Crippen molar-refractivity contribution in [1.82, 2.24) is 4.57 Å². The van der Waals surface area contributed by atoms with Gasteiger partial charge in [0.1, 0.15) is 0 Å². The summed E-state index contributed by atoms with van der Waals surface area (Å²) in [4.78, 5) is 22.1. The topological polar surface area (TPSA) is 68.5 Å². The summed E-state index contributed by atoms with van der Waals surface area (Å²) in [5.74, 6) is -1.08. The third-order valence-electron chi connectivity index (χ3n) is 1.99. The van der Waals surface area contributed by atoms with E-state index in [9.17, 15) is 9.59 Å². The second-order valence-corrected chi connectivity index (χ2v) is 3.13. The lowest BCUT2D eigenvalue weighted by atomic mass is 10.2. The zero-order chi connectivity index (χ0) is 12.0. The highest BCUT2D eigenvalue weighted by Crippen LogP contribution is 1.95. The molecule has 0 aliphatic carbocycles. The van der Waals surface area contributed by atoms with Crippen LogP contribution in [0.3, 0.4) is 0 Å². The summed E-state index contributed by atoms with van der Waals surface area (Å²) in [6.45, 7) is 0.885. The third kappa shape index (κ3) is 3.36. The largest absolute Gasteiger partial charge is 0.478 e. The fourth-order valence-electron chi connectivity index (χ4n) is 1.21. The van der Waals surface area contributed by atoms with E-state index in [-0.39, 0.29) is 5.56 Å². The maximum Gasteiger partial charge on any atom is 0.328 e. The molecule has 0 aliphatic heterocycles. The van der Waals surface area contributed by atoms with Crippen LogP contribution in [0, 0.1) is 0 Å². The van der Waals surface area contributed by atoms with Crippen LogP contribution in [-0.4, -0.2) is 29.4 Å². The summed E-state index contributed by atoms with van der Waals surface area (Å²) in [6.07, 6.45) is 3.87. The molecular weight excluding hydrogens is 210 g/mol. The SMILES string of the molecule is COCCn1cccc(/C=C/C(=O)O)c1=O. The fraction of sp³-hybridized carbons (Fsp3) is 0.273. The number of carboxylic acid groups (broad SMARTS) is 1. The van der Waals surface area contributed by atoms with E-state index in [1.54, 1.807) is 25.4 Å². The van der Waals surface area contributed by atoms with Crippen LogP contribution >= 0.6 is 0 Å². The Labute approximate surface area is 92.6 Å². The summed E-state index contributed by atoms with van der Waals surface area (Å²) in [6, 6.07) is 3.27. The first kappa shape index (κ1) is 12.2. The monoisotopic (exact) mass is 223 g/mol. The molecule has 0 aliphatic rings. The molecule has 0 spiro atoms. The number of pyridine rings is 1. The van der Waals surface area contributed by atoms with Crippen molar-refractivity contribution in [1.29, 1.82) is 0 Å². The highest BCUT2D eigenvalue weighted by Gasteiger charge is 2.00. The maximum absolute atomic E-state index is 11.8. The van der Waals surface area contributed by atoms with Crippen molar-refractivity contribution < 1.29 is 14.6 Å². The van der Waals surface area contributed by atoms with Gasteiger partial charge in [-0.25, -0.2) is 4.79 Å². The molecule has 0 amide bonds. The van der Waals surface area contributed by atoms with Crippen LogP contribution in [0.5, 0.6) is 0 Å². The molecule has 0 bridgehead atoms. The van der Waals surface area contributed by atoms with Gasteiger partial charge in [-0.05, 0) is 18.2 Å². The van der Waals surface area contributed by atoms with Gasteiger partial charge in [-0.3, -0.25) is 4.79 Å². The first-order chi connectivity index (χ1) is 7.65. The van der Waals surface area contributed by atoms with Crippen molar-refractivity contribution in [3.63, 3.8) is 0 Å². The minimum Gasteiger partial charge on any atom is -0.478 e. The predicted molar refractivity (Wildman–Crippen MR) is 59.2 cm³/mol. The van der Waals surface area contributed by atoms with Crippen LogP contribution in [0.1, 0.15) is 5.56 Å². The maximum atomic E-state index is 11.8. The molecule has 5 heteroatoms. The minimum absolute atomic E-state index is 0.225. The van der Waals surface area contributed by atoms with Crippen LogP contribution < -0.4 is 5.56 Å². The van der Waals surface area contributed by atoms with Crippen molar-refractivity contribution >= 4 is 12.0 Å². The van der Waals surface area contributed by atoms with Gasteiger partial charge >= 0.3 is 5.97 Å². The van der Waals surface area contributed by atoms with E-state index in [0.29, 0.717) is 18.7 Å². The molecule has 0 fully saturated rings.